The molecular weight excluding hydrogens is 151 g/mol. The molecule has 1 atom stereocenters. The summed E-state index contributed by atoms with van der Waals surface area (Å²) in [6.45, 7) is 5.13. The second-order valence-electron chi connectivity index (χ2n) is 2.99. The summed E-state index contributed by atoms with van der Waals surface area (Å²) in [6.07, 6.45) is 0. The van der Waals surface area contributed by atoms with E-state index >= 15 is 0 Å². The maximum Gasteiger partial charge on any atom is 0.587 e. The molecule has 0 radical (unpaired) electrons. The Morgan fingerprint density at radius 1 is 1.40 bits per heavy atom. The summed E-state index contributed by atoms with van der Waals surface area (Å²) < 4.78 is 15.1. The summed E-state index contributed by atoms with van der Waals surface area (Å²) >= 11 is 0. The van der Waals surface area contributed by atoms with Crippen LogP contribution in [-0.4, -0.2) is 12.6 Å². The first-order valence-electron chi connectivity index (χ1n) is 2.95. The van der Waals surface area contributed by atoms with Crippen LogP contribution in [0.25, 0.3) is 0 Å². The highest BCUT2D eigenvalue weighted by molar-refractivity contribution is 7.59. The molecule has 0 aromatic heterocycles. The van der Waals surface area contributed by atoms with Crippen molar-refractivity contribution in [1.82, 2.24) is 0 Å². The molecule has 0 aromatic carbocycles. The molecule has 0 aliphatic heterocycles. The minimum absolute atomic E-state index is 0.343. The Morgan fingerprint density at radius 3 is 1.90 bits per heavy atom. The minimum atomic E-state index is -2.12. The van der Waals surface area contributed by atoms with Crippen molar-refractivity contribution < 1.29 is 13.9 Å². The number of carbonyl (C=O) groups is 1. The number of rotatable bonds is 2. The molecule has 0 N–H and O–H groups in total. The zero-order chi connectivity index (χ0) is 8.36. The Morgan fingerprint density at radius 2 is 1.80 bits per heavy atom. The SMILES string of the molecule is CO[P+](=O)C(=O)C(C)(C)C. The Bertz CT molecular complexity index is 157. The van der Waals surface area contributed by atoms with Gasteiger partial charge in [0.1, 0.15) is 0 Å². The first kappa shape index (κ1) is 9.73. The molecule has 0 rings (SSSR count). The van der Waals surface area contributed by atoms with Crippen molar-refractivity contribution in [2.75, 3.05) is 7.11 Å². The van der Waals surface area contributed by atoms with E-state index in [1.165, 1.54) is 7.11 Å². The molecule has 3 nitrogen and oxygen atoms in total. The summed E-state index contributed by atoms with van der Waals surface area (Å²) in [7, 11) is -0.850. The van der Waals surface area contributed by atoms with Gasteiger partial charge in [0.05, 0.1) is 12.5 Å². The molecule has 0 amide bonds. The van der Waals surface area contributed by atoms with Crippen molar-refractivity contribution in [1.29, 1.82) is 0 Å². The molecule has 0 aliphatic rings. The van der Waals surface area contributed by atoms with Crippen LogP contribution < -0.4 is 0 Å². The predicted octanol–water partition coefficient (Wildman–Crippen LogP) is 1.95. The van der Waals surface area contributed by atoms with Crippen LogP contribution >= 0.6 is 8.03 Å². The Hall–Kier alpha value is -0.270. The summed E-state index contributed by atoms with van der Waals surface area (Å²) in [4.78, 5) is 11.0. The molecule has 0 spiro atoms. The van der Waals surface area contributed by atoms with Gasteiger partial charge < -0.3 is 0 Å². The van der Waals surface area contributed by atoms with Crippen LogP contribution in [0.2, 0.25) is 0 Å². The van der Waals surface area contributed by atoms with Crippen molar-refractivity contribution in [3.63, 3.8) is 0 Å². The molecule has 0 aromatic rings. The van der Waals surface area contributed by atoms with Gasteiger partial charge in [-0.05, 0) is 25.3 Å². The predicted molar refractivity (Wildman–Crippen MR) is 39.1 cm³/mol. The van der Waals surface area contributed by atoms with Gasteiger partial charge >= 0.3 is 13.6 Å². The van der Waals surface area contributed by atoms with E-state index in [0.29, 0.717) is 0 Å². The molecule has 0 fully saturated rings. The first-order chi connectivity index (χ1) is 4.39. The molecule has 10 heavy (non-hydrogen) atoms. The number of hydrogen-bond acceptors (Lipinski definition) is 3. The van der Waals surface area contributed by atoms with Crippen molar-refractivity contribution in [2.45, 2.75) is 20.8 Å². The van der Waals surface area contributed by atoms with E-state index in [9.17, 15) is 9.36 Å². The lowest BCUT2D eigenvalue weighted by molar-refractivity contribution is -0.118. The van der Waals surface area contributed by atoms with Crippen LogP contribution in [0.4, 0.5) is 0 Å². The van der Waals surface area contributed by atoms with Crippen molar-refractivity contribution in [2.24, 2.45) is 5.41 Å². The average Bonchev–Trinajstić information content (AvgIpc) is 1.83. The van der Waals surface area contributed by atoms with Crippen molar-refractivity contribution in [3.8, 4) is 0 Å². The lowest BCUT2D eigenvalue weighted by Gasteiger charge is -2.05. The number of hydrogen-bond donors (Lipinski definition) is 0. The summed E-state index contributed by atoms with van der Waals surface area (Å²) in [5.74, 6) is 0. The van der Waals surface area contributed by atoms with E-state index in [-0.39, 0.29) is 5.52 Å². The molecule has 0 saturated carbocycles. The molecule has 0 heterocycles. The highest BCUT2D eigenvalue weighted by atomic mass is 31.1. The van der Waals surface area contributed by atoms with E-state index in [0.717, 1.165) is 0 Å². The maximum absolute atomic E-state index is 11.0. The Balaban J connectivity index is 4.24. The fourth-order valence-corrected chi connectivity index (χ4v) is 1.07. The Labute approximate surface area is 61.6 Å². The maximum atomic E-state index is 11.0. The molecule has 0 aliphatic carbocycles. The third-order valence-electron chi connectivity index (χ3n) is 0.973. The van der Waals surface area contributed by atoms with Gasteiger partial charge in [-0.25, -0.2) is 4.79 Å². The fraction of sp³-hybridized carbons (Fsp3) is 0.833. The monoisotopic (exact) mass is 163 g/mol. The second-order valence-corrected chi connectivity index (χ2v) is 4.28. The van der Waals surface area contributed by atoms with Crippen LogP contribution in [0.5, 0.6) is 0 Å². The van der Waals surface area contributed by atoms with Crippen LogP contribution in [0, 0.1) is 5.41 Å². The first-order valence-corrected chi connectivity index (χ1v) is 4.13. The van der Waals surface area contributed by atoms with Crippen LogP contribution in [0.15, 0.2) is 0 Å². The normalized spacial score (nSPS) is 13.0. The fourth-order valence-electron chi connectivity index (χ4n) is 0.357. The van der Waals surface area contributed by atoms with Crippen molar-refractivity contribution >= 4 is 13.6 Å². The van der Waals surface area contributed by atoms with E-state index < -0.39 is 13.4 Å². The zero-order valence-electron chi connectivity index (χ0n) is 6.67. The molecule has 1 unspecified atom stereocenters. The van der Waals surface area contributed by atoms with Gasteiger partial charge in [-0.1, -0.05) is 0 Å². The van der Waals surface area contributed by atoms with Crippen LogP contribution in [-0.2, 0) is 13.9 Å². The van der Waals surface area contributed by atoms with E-state index in [1.54, 1.807) is 20.8 Å². The summed E-state index contributed by atoms with van der Waals surface area (Å²) in [5, 5.41) is 0. The van der Waals surface area contributed by atoms with Gasteiger partial charge in [-0.15, -0.1) is 4.52 Å². The van der Waals surface area contributed by atoms with Crippen LogP contribution in [0.1, 0.15) is 20.8 Å². The molecule has 0 saturated heterocycles. The highest BCUT2D eigenvalue weighted by Gasteiger charge is 2.40. The molecule has 58 valence electrons. The lowest BCUT2D eigenvalue weighted by Crippen LogP contribution is -2.16. The summed E-state index contributed by atoms with van der Waals surface area (Å²) in [6, 6.07) is 0. The van der Waals surface area contributed by atoms with Gasteiger partial charge in [0.15, 0.2) is 0 Å². The standard InChI is InChI=1S/C6H12O3P/c1-6(2,3)5(7)10(8)9-4/h1-4H3/q+1. The zero-order valence-corrected chi connectivity index (χ0v) is 7.57. The van der Waals surface area contributed by atoms with Gasteiger partial charge in [0.25, 0.3) is 0 Å². The van der Waals surface area contributed by atoms with Gasteiger partial charge in [0, 0.05) is 0 Å². The molecular formula is C6H12O3P+. The van der Waals surface area contributed by atoms with E-state index in [2.05, 4.69) is 4.52 Å². The molecule has 0 bridgehead atoms. The average molecular weight is 163 g/mol. The topological polar surface area (TPSA) is 43.4 Å². The lowest BCUT2D eigenvalue weighted by atomic mass is 10.00. The third kappa shape index (κ3) is 2.54. The second kappa shape index (κ2) is 3.22. The van der Waals surface area contributed by atoms with E-state index in [1.807, 2.05) is 0 Å². The largest absolute Gasteiger partial charge is 0.587 e. The number of carbonyl (C=O) groups excluding carboxylic acids is 1. The van der Waals surface area contributed by atoms with Gasteiger partial charge in [-0.3, -0.25) is 0 Å². The summed E-state index contributed by atoms with van der Waals surface area (Å²) in [5.41, 5.74) is -0.909. The molecule has 4 heteroatoms. The minimum Gasteiger partial charge on any atom is -0.236 e. The van der Waals surface area contributed by atoms with E-state index in [4.69, 9.17) is 0 Å². The van der Waals surface area contributed by atoms with Crippen LogP contribution in [0.3, 0.4) is 0 Å². The highest BCUT2D eigenvalue weighted by Crippen LogP contribution is 2.32. The van der Waals surface area contributed by atoms with Gasteiger partial charge in [-0.2, -0.15) is 0 Å². The Kier molecular flexibility index (Phi) is 3.13. The van der Waals surface area contributed by atoms with Gasteiger partial charge in [0.2, 0.25) is 0 Å². The quantitative estimate of drug-likeness (QED) is 0.584. The van der Waals surface area contributed by atoms with Crippen molar-refractivity contribution in [3.05, 3.63) is 0 Å². The third-order valence-corrected chi connectivity index (χ3v) is 2.31. The smallest absolute Gasteiger partial charge is 0.236 e.